The Kier molecular flexibility index (Phi) is 8.83. The number of sulfonamides is 1. The molecule has 0 aliphatic heterocycles. The van der Waals surface area contributed by atoms with E-state index in [4.69, 9.17) is 0 Å². The van der Waals surface area contributed by atoms with E-state index in [1.807, 2.05) is 32.9 Å². The Morgan fingerprint density at radius 2 is 1.56 bits per heavy atom. The van der Waals surface area contributed by atoms with Crippen molar-refractivity contribution in [2.45, 2.75) is 43.7 Å². The number of alkyl halides is 3. The molecule has 1 heterocycles. The van der Waals surface area contributed by atoms with Crippen LogP contribution < -0.4 is 39.4 Å². The molecule has 8 nitrogen and oxygen atoms in total. The van der Waals surface area contributed by atoms with Gasteiger partial charge in [-0.05, 0) is 41.3 Å². The molecule has 0 saturated heterocycles. The summed E-state index contributed by atoms with van der Waals surface area (Å²) in [6.07, 6.45) is -5.86. The second-order valence-corrected chi connectivity index (χ2v) is 10.4. The van der Waals surface area contributed by atoms with Crippen LogP contribution >= 0.6 is 0 Å². The first kappa shape index (κ1) is 29.6. The monoisotopic (exact) mass is 531 g/mol. The third-order valence-corrected chi connectivity index (χ3v) is 6.38. The average Bonchev–Trinajstić information content (AvgIpc) is 3.18. The standard InChI is InChI=1S/C23H22F3N3O5S.Na/c1-22(2,3)15-6-4-14(5-7-15)18-12-19(23(24,25)26)27-29(18)16-8-10-17(11-9-16)35(33,34)28-20(30)13-21(31)32;/h4-12H,13H2,1-3H3,(H,28,30)(H,31,32);/q;+1/p-1. The number of aromatic nitrogens is 2. The Morgan fingerprint density at radius 1 is 1.00 bits per heavy atom. The average molecular weight is 531 g/mol. The summed E-state index contributed by atoms with van der Waals surface area (Å²) < 4.78 is 67.5. The van der Waals surface area contributed by atoms with Gasteiger partial charge in [-0.2, -0.15) is 18.3 Å². The molecule has 0 unspecified atom stereocenters. The summed E-state index contributed by atoms with van der Waals surface area (Å²) in [7, 11) is -4.40. The molecule has 1 aromatic heterocycles. The number of carboxylic acids is 1. The maximum absolute atomic E-state index is 13.4. The van der Waals surface area contributed by atoms with Gasteiger partial charge in [0.15, 0.2) is 5.69 Å². The first-order valence-corrected chi connectivity index (χ1v) is 11.7. The summed E-state index contributed by atoms with van der Waals surface area (Å²) in [6, 6.07) is 12.4. The molecule has 0 atom stereocenters. The number of benzene rings is 2. The molecule has 3 aromatic rings. The van der Waals surface area contributed by atoms with Crippen LogP contribution in [0.25, 0.3) is 16.9 Å². The predicted octanol–water partition coefficient (Wildman–Crippen LogP) is -0.195. The van der Waals surface area contributed by atoms with E-state index in [0.717, 1.165) is 28.4 Å². The van der Waals surface area contributed by atoms with E-state index < -0.39 is 45.1 Å². The summed E-state index contributed by atoms with van der Waals surface area (Å²) in [5.74, 6) is -3.05. The maximum Gasteiger partial charge on any atom is 1.00 e. The van der Waals surface area contributed by atoms with Crippen molar-refractivity contribution in [3.05, 3.63) is 65.9 Å². The number of amides is 1. The summed E-state index contributed by atoms with van der Waals surface area (Å²) in [4.78, 5) is 21.6. The molecule has 0 aliphatic carbocycles. The third-order valence-electron chi connectivity index (χ3n) is 4.99. The van der Waals surface area contributed by atoms with Crippen molar-refractivity contribution in [1.29, 1.82) is 0 Å². The minimum Gasteiger partial charge on any atom is -0.550 e. The Balaban J connectivity index is 0.00000456. The van der Waals surface area contributed by atoms with Crippen molar-refractivity contribution < 1.29 is 65.8 Å². The van der Waals surface area contributed by atoms with Crippen molar-refractivity contribution in [2.24, 2.45) is 0 Å². The van der Waals surface area contributed by atoms with E-state index in [1.165, 1.54) is 12.1 Å². The summed E-state index contributed by atoms with van der Waals surface area (Å²) >= 11 is 0. The third kappa shape index (κ3) is 6.96. The van der Waals surface area contributed by atoms with Gasteiger partial charge in [-0.1, -0.05) is 45.0 Å². The van der Waals surface area contributed by atoms with Gasteiger partial charge >= 0.3 is 35.7 Å². The number of hydrogen-bond donors (Lipinski definition) is 1. The first-order chi connectivity index (χ1) is 16.1. The molecule has 186 valence electrons. The van der Waals surface area contributed by atoms with Crippen molar-refractivity contribution >= 4 is 21.9 Å². The van der Waals surface area contributed by atoms with Crippen LogP contribution in [0.1, 0.15) is 38.4 Å². The zero-order valence-corrected chi connectivity index (χ0v) is 22.7. The van der Waals surface area contributed by atoms with E-state index in [1.54, 1.807) is 16.9 Å². The van der Waals surface area contributed by atoms with Gasteiger partial charge in [0, 0.05) is 5.56 Å². The minimum atomic E-state index is -4.71. The molecule has 0 radical (unpaired) electrons. The van der Waals surface area contributed by atoms with Crippen molar-refractivity contribution in [3.63, 3.8) is 0 Å². The number of rotatable bonds is 6. The quantitative estimate of drug-likeness (QED) is 0.348. The number of nitrogens with zero attached hydrogens (tertiary/aromatic N) is 2. The van der Waals surface area contributed by atoms with Gasteiger partial charge in [0.1, 0.15) is 0 Å². The fourth-order valence-electron chi connectivity index (χ4n) is 3.21. The van der Waals surface area contributed by atoms with Crippen molar-refractivity contribution in [2.75, 3.05) is 0 Å². The molecule has 36 heavy (non-hydrogen) atoms. The van der Waals surface area contributed by atoms with E-state index in [9.17, 15) is 36.3 Å². The predicted molar refractivity (Wildman–Crippen MR) is 118 cm³/mol. The van der Waals surface area contributed by atoms with Crippen LogP contribution in [-0.2, 0) is 31.2 Å². The Morgan fingerprint density at radius 3 is 2.03 bits per heavy atom. The fraction of sp³-hybridized carbons (Fsp3) is 0.261. The number of halogens is 3. The number of hydrogen-bond acceptors (Lipinski definition) is 6. The summed E-state index contributed by atoms with van der Waals surface area (Å²) in [6.45, 7) is 6.01. The smallest absolute Gasteiger partial charge is 0.550 e. The van der Waals surface area contributed by atoms with E-state index in [-0.39, 0.29) is 46.4 Å². The molecule has 3 rings (SSSR count). The number of carbonyl (C=O) groups excluding carboxylic acids is 2. The molecule has 0 aliphatic rings. The van der Waals surface area contributed by atoms with Crippen LogP contribution in [0.15, 0.2) is 59.5 Å². The number of aliphatic carboxylic acids is 1. The molecule has 0 fully saturated rings. The van der Waals surface area contributed by atoms with Crippen molar-refractivity contribution in [1.82, 2.24) is 14.5 Å². The van der Waals surface area contributed by atoms with Gasteiger partial charge in [-0.15, -0.1) is 0 Å². The topological polar surface area (TPSA) is 121 Å². The molecule has 1 amide bonds. The molecule has 0 spiro atoms. The number of carboxylic acid groups (broad SMARTS) is 1. The second-order valence-electron chi connectivity index (χ2n) is 8.72. The molecular formula is C23H21F3N3NaO5S. The van der Waals surface area contributed by atoms with Gasteiger partial charge in [0.25, 0.3) is 10.0 Å². The number of nitrogens with one attached hydrogen (secondary N) is 1. The Bertz CT molecular complexity index is 1360. The fourth-order valence-corrected chi connectivity index (χ4v) is 4.19. The van der Waals surface area contributed by atoms with Gasteiger partial charge < -0.3 is 9.90 Å². The molecule has 0 saturated carbocycles. The molecule has 0 bridgehead atoms. The molecule has 13 heteroatoms. The van der Waals surface area contributed by atoms with Crippen LogP contribution in [0.4, 0.5) is 13.2 Å². The normalized spacial score (nSPS) is 12.1. The Hall–Kier alpha value is -2.67. The van der Waals surface area contributed by atoms with Crippen LogP contribution in [0.2, 0.25) is 0 Å². The van der Waals surface area contributed by atoms with Gasteiger partial charge in [-0.3, -0.25) is 4.79 Å². The van der Waals surface area contributed by atoms with E-state index in [0.29, 0.717) is 5.56 Å². The second kappa shape index (κ2) is 10.8. The van der Waals surface area contributed by atoms with Crippen LogP contribution in [0.5, 0.6) is 0 Å². The first-order valence-electron chi connectivity index (χ1n) is 10.2. The summed E-state index contributed by atoms with van der Waals surface area (Å²) in [5, 5.41) is 14.1. The number of carbonyl (C=O) groups is 2. The van der Waals surface area contributed by atoms with Crippen LogP contribution in [0.3, 0.4) is 0 Å². The van der Waals surface area contributed by atoms with Crippen LogP contribution in [0, 0.1) is 0 Å². The van der Waals surface area contributed by atoms with Gasteiger partial charge in [-0.25, -0.2) is 17.8 Å². The SMILES string of the molecule is CC(C)(C)c1ccc(-c2cc(C(F)(F)F)nn2-c2ccc(S(=O)(=O)NC(=O)CC(=O)[O-])cc2)cc1.[Na+]. The van der Waals surface area contributed by atoms with E-state index in [2.05, 4.69) is 5.10 Å². The zero-order chi connectivity index (χ0) is 26.2. The largest absolute Gasteiger partial charge is 1.00 e. The molecule has 1 N–H and O–H groups in total. The van der Waals surface area contributed by atoms with Crippen LogP contribution in [-0.4, -0.2) is 30.1 Å². The van der Waals surface area contributed by atoms with Gasteiger partial charge in [0.2, 0.25) is 5.91 Å². The molecular weight excluding hydrogens is 510 g/mol. The van der Waals surface area contributed by atoms with Gasteiger partial charge in [0.05, 0.1) is 28.7 Å². The molecule has 2 aromatic carbocycles. The van der Waals surface area contributed by atoms with E-state index >= 15 is 0 Å². The minimum absolute atomic E-state index is 0. The summed E-state index contributed by atoms with van der Waals surface area (Å²) in [5.41, 5.74) is 0.434. The van der Waals surface area contributed by atoms with Crippen molar-refractivity contribution in [3.8, 4) is 16.9 Å². The maximum atomic E-state index is 13.4. The zero-order valence-electron chi connectivity index (χ0n) is 19.9. The Labute approximate surface area is 227 Å².